The van der Waals surface area contributed by atoms with Crippen LogP contribution in [0.15, 0.2) is 84.1 Å². The number of carbonyl (C=O) groups excluding carboxylic acids is 2. The molecule has 4 aromatic rings. The zero-order valence-electron chi connectivity index (χ0n) is 25.9. The van der Waals surface area contributed by atoms with Gasteiger partial charge in [0, 0.05) is 53.8 Å². The zero-order chi connectivity index (χ0) is 31.8. The second kappa shape index (κ2) is 12.2. The molecule has 4 N–H and O–H groups in total. The van der Waals surface area contributed by atoms with Gasteiger partial charge in [0.2, 0.25) is 5.91 Å². The molecule has 6 rings (SSSR count). The predicted octanol–water partition coefficient (Wildman–Crippen LogP) is 4.73. The molecule has 5 heterocycles. The second-order valence-electron chi connectivity index (χ2n) is 12.0. The monoisotopic (exact) mass is 606 g/mol. The summed E-state index contributed by atoms with van der Waals surface area (Å²) in [6.45, 7) is 9.10. The number of amides is 2. The number of hydrogen-bond acceptors (Lipinski definition) is 8. The Kier molecular flexibility index (Phi) is 8.11. The summed E-state index contributed by atoms with van der Waals surface area (Å²) in [5.74, 6) is 0.380. The highest BCUT2D eigenvalue weighted by molar-refractivity contribution is 6.05. The number of carbonyl (C=O) groups is 2. The number of aromatic nitrogens is 4. The normalized spacial score (nSPS) is 17.6. The third-order valence-corrected chi connectivity index (χ3v) is 8.80. The number of benzene rings is 1. The third-order valence-electron chi connectivity index (χ3n) is 8.80. The van der Waals surface area contributed by atoms with Crippen LogP contribution in [0.2, 0.25) is 0 Å². The number of pyridine rings is 1. The molecule has 1 unspecified atom stereocenters. The van der Waals surface area contributed by atoms with E-state index in [2.05, 4.69) is 26.4 Å². The second-order valence-corrected chi connectivity index (χ2v) is 12.0. The van der Waals surface area contributed by atoms with Gasteiger partial charge < -0.3 is 26.0 Å². The van der Waals surface area contributed by atoms with Crippen LogP contribution in [0.5, 0.6) is 0 Å². The summed E-state index contributed by atoms with van der Waals surface area (Å²) in [5, 5.41) is 18.7. The Morgan fingerprint density at radius 2 is 1.82 bits per heavy atom. The van der Waals surface area contributed by atoms with Gasteiger partial charge in [-0.05, 0) is 74.2 Å². The molecule has 0 spiro atoms. The minimum absolute atomic E-state index is 0.0151. The lowest BCUT2D eigenvalue weighted by Crippen LogP contribution is -2.41. The number of aliphatic hydroxyl groups excluding tert-OH is 1. The maximum absolute atomic E-state index is 13.4. The smallest absolute Gasteiger partial charge is 0.256 e. The van der Waals surface area contributed by atoms with Gasteiger partial charge in [-0.1, -0.05) is 26.0 Å². The molecule has 0 aliphatic carbocycles. The van der Waals surface area contributed by atoms with Gasteiger partial charge in [0.1, 0.15) is 11.8 Å². The maximum atomic E-state index is 13.4. The lowest BCUT2D eigenvalue weighted by molar-refractivity contribution is -0.135. The van der Waals surface area contributed by atoms with Crippen molar-refractivity contribution in [3.63, 3.8) is 0 Å². The van der Waals surface area contributed by atoms with E-state index >= 15 is 0 Å². The van der Waals surface area contributed by atoms with Crippen LogP contribution in [-0.2, 0) is 9.59 Å². The number of nitrogens with two attached hydrogens (primary N) is 1. The van der Waals surface area contributed by atoms with Gasteiger partial charge in [0.25, 0.3) is 5.91 Å². The van der Waals surface area contributed by atoms with E-state index in [1.165, 1.54) is 6.33 Å². The lowest BCUT2D eigenvalue weighted by Gasteiger charge is -2.35. The van der Waals surface area contributed by atoms with Gasteiger partial charge in [0.15, 0.2) is 12.0 Å². The van der Waals surface area contributed by atoms with E-state index in [1.54, 1.807) is 29.4 Å². The molecule has 45 heavy (non-hydrogen) atoms. The highest BCUT2D eigenvalue weighted by Crippen LogP contribution is 2.37. The molecule has 0 radical (unpaired) electrons. The molecule has 232 valence electrons. The largest absolute Gasteiger partial charge is 0.382 e. The minimum Gasteiger partial charge on any atom is -0.382 e. The van der Waals surface area contributed by atoms with Crippen molar-refractivity contribution in [1.82, 2.24) is 24.5 Å². The van der Waals surface area contributed by atoms with Crippen LogP contribution in [0.25, 0.3) is 16.6 Å². The van der Waals surface area contributed by atoms with Crippen molar-refractivity contribution in [2.45, 2.75) is 52.7 Å². The molecule has 11 nitrogen and oxygen atoms in total. The maximum Gasteiger partial charge on any atom is 0.256 e. The number of aliphatic hydroxyl groups is 1. The number of hydrogen-bond donors (Lipinski definition) is 3. The SMILES string of the molecule is CC1=C(C)N(c2cccnc2)C(O)C(C(=O)Nc2ccc(-c3cc(C4CCN(C(=O)C(C)C)CC4)n4ncnc(N)c34)cc2)=C1. The highest BCUT2D eigenvalue weighted by atomic mass is 16.3. The Morgan fingerprint density at radius 3 is 2.49 bits per heavy atom. The number of rotatable bonds is 6. The first-order valence-electron chi connectivity index (χ1n) is 15.2. The molecule has 2 aliphatic heterocycles. The van der Waals surface area contributed by atoms with Crippen molar-refractivity contribution < 1.29 is 14.7 Å². The van der Waals surface area contributed by atoms with Crippen LogP contribution >= 0.6 is 0 Å². The fraction of sp³-hybridized carbons (Fsp3) is 0.324. The number of anilines is 3. The number of nitrogen functional groups attached to an aromatic ring is 1. The van der Waals surface area contributed by atoms with Gasteiger partial charge in [-0.2, -0.15) is 5.10 Å². The van der Waals surface area contributed by atoms with Gasteiger partial charge in [-0.25, -0.2) is 9.50 Å². The van der Waals surface area contributed by atoms with Crippen molar-refractivity contribution in [3.8, 4) is 11.1 Å². The van der Waals surface area contributed by atoms with E-state index in [4.69, 9.17) is 5.73 Å². The average molecular weight is 607 g/mol. The molecule has 1 saturated heterocycles. The first kappa shape index (κ1) is 30.0. The summed E-state index contributed by atoms with van der Waals surface area (Å²) in [7, 11) is 0. The predicted molar refractivity (Wildman–Crippen MR) is 174 cm³/mol. The van der Waals surface area contributed by atoms with Crippen molar-refractivity contribution in [2.75, 3.05) is 29.0 Å². The molecule has 1 atom stereocenters. The molecule has 2 amide bonds. The highest BCUT2D eigenvalue weighted by Gasteiger charge is 2.31. The molecule has 3 aromatic heterocycles. The summed E-state index contributed by atoms with van der Waals surface area (Å²) >= 11 is 0. The van der Waals surface area contributed by atoms with E-state index in [1.807, 2.05) is 67.4 Å². The van der Waals surface area contributed by atoms with Gasteiger partial charge in [-0.3, -0.25) is 14.6 Å². The van der Waals surface area contributed by atoms with Crippen LogP contribution in [0.3, 0.4) is 0 Å². The molecular formula is C34H38N8O3. The fourth-order valence-electron chi connectivity index (χ4n) is 6.24. The number of piperidine rings is 1. The fourth-order valence-corrected chi connectivity index (χ4v) is 6.24. The van der Waals surface area contributed by atoms with Crippen molar-refractivity contribution in [1.29, 1.82) is 0 Å². The van der Waals surface area contributed by atoms with Crippen LogP contribution in [0.4, 0.5) is 17.2 Å². The molecule has 0 saturated carbocycles. The van der Waals surface area contributed by atoms with Crippen LogP contribution in [-0.4, -0.2) is 60.7 Å². The summed E-state index contributed by atoms with van der Waals surface area (Å²) in [6, 6.07) is 13.3. The first-order valence-corrected chi connectivity index (χ1v) is 15.2. The number of fused-ring (bicyclic) bond motifs is 1. The summed E-state index contributed by atoms with van der Waals surface area (Å²) in [6.07, 6.45) is 7.02. The Morgan fingerprint density at radius 1 is 1.09 bits per heavy atom. The van der Waals surface area contributed by atoms with Crippen LogP contribution in [0, 0.1) is 5.92 Å². The summed E-state index contributed by atoms with van der Waals surface area (Å²) < 4.78 is 1.88. The Bertz CT molecular complexity index is 1800. The van der Waals surface area contributed by atoms with Crippen LogP contribution in [0.1, 0.15) is 52.1 Å². The number of nitrogens with zero attached hydrogens (tertiary/aromatic N) is 6. The van der Waals surface area contributed by atoms with Crippen molar-refractivity contribution >= 4 is 34.5 Å². The molecule has 11 heteroatoms. The van der Waals surface area contributed by atoms with Gasteiger partial charge in [-0.15, -0.1) is 0 Å². The summed E-state index contributed by atoms with van der Waals surface area (Å²) in [4.78, 5) is 38.0. The molecule has 1 fully saturated rings. The third kappa shape index (κ3) is 5.66. The topological polar surface area (TPSA) is 142 Å². The zero-order valence-corrected chi connectivity index (χ0v) is 25.9. The molecule has 0 bridgehead atoms. The number of nitrogens with one attached hydrogen (secondary N) is 1. The first-order chi connectivity index (χ1) is 21.6. The average Bonchev–Trinajstić information content (AvgIpc) is 3.44. The Hall–Kier alpha value is -5.03. The summed E-state index contributed by atoms with van der Waals surface area (Å²) in [5.41, 5.74) is 13.2. The van der Waals surface area contributed by atoms with E-state index in [0.29, 0.717) is 30.3 Å². The van der Waals surface area contributed by atoms with Crippen LogP contribution < -0.4 is 16.0 Å². The number of likely N-dealkylation sites (tertiary alicyclic amines) is 1. The van der Waals surface area contributed by atoms with E-state index in [-0.39, 0.29) is 23.3 Å². The van der Waals surface area contributed by atoms with E-state index in [9.17, 15) is 14.7 Å². The lowest BCUT2D eigenvalue weighted by atomic mass is 9.92. The minimum atomic E-state index is -1.17. The van der Waals surface area contributed by atoms with E-state index in [0.717, 1.165) is 46.4 Å². The number of allylic oxidation sites excluding steroid dienone is 3. The Balaban J connectivity index is 1.23. The molecule has 2 aliphatic rings. The van der Waals surface area contributed by atoms with E-state index < -0.39 is 12.1 Å². The molecular weight excluding hydrogens is 568 g/mol. The standard InChI is InChI=1S/C34H38N8O3/c1-20(2)33(44)40-14-11-24(12-15-40)29-17-27(30-31(35)37-19-38-42(29)30)23-7-9-25(10-8-23)39-32(43)28-16-21(3)22(4)41(34(28)45)26-6-5-13-36-18-26/h5-10,13,16-20,24,34,45H,11-12,14-15H2,1-4H3,(H,39,43)(H2,35,37,38). The van der Waals surface area contributed by atoms with Gasteiger partial charge >= 0.3 is 0 Å². The van der Waals surface area contributed by atoms with Gasteiger partial charge in [0.05, 0.1) is 17.5 Å². The van der Waals surface area contributed by atoms with Crippen molar-refractivity contribution in [2.24, 2.45) is 5.92 Å². The quantitative estimate of drug-likeness (QED) is 0.286. The Labute approximate surface area is 262 Å². The molecule has 1 aromatic carbocycles. The van der Waals surface area contributed by atoms with Crippen molar-refractivity contribution in [3.05, 3.63) is 89.8 Å².